The molecule has 0 saturated carbocycles. The minimum atomic E-state index is 0. The Morgan fingerprint density at radius 1 is 1.17 bits per heavy atom. The number of rotatable bonds is 3. The molecule has 0 aromatic heterocycles. The third kappa shape index (κ3) is 2.87. The fraction of sp³-hybridized carbons (Fsp3) is 0.600. The average Bonchev–Trinajstić information content (AvgIpc) is 2.41. The van der Waals surface area contributed by atoms with Crippen LogP contribution in [-0.4, -0.2) is 30.6 Å². The van der Waals surface area contributed by atoms with Crippen molar-refractivity contribution < 1.29 is 0 Å². The first-order chi connectivity index (χ1) is 8.33. The summed E-state index contributed by atoms with van der Waals surface area (Å²) in [7, 11) is 0. The molecule has 1 aromatic rings. The topological polar surface area (TPSA) is 15.3 Å². The average molecular weight is 267 g/mol. The van der Waals surface area contributed by atoms with Gasteiger partial charge in [-0.05, 0) is 44.3 Å². The van der Waals surface area contributed by atoms with Crippen molar-refractivity contribution in [2.24, 2.45) is 5.92 Å². The highest BCUT2D eigenvalue weighted by Gasteiger charge is 2.34. The highest BCUT2D eigenvalue weighted by molar-refractivity contribution is 5.85. The summed E-state index contributed by atoms with van der Waals surface area (Å²) < 4.78 is 0. The van der Waals surface area contributed by atoms with Gasteiger partial charge < -0.3 is 10.2 Å². The summed E-state index contributed by atoms with van der Waals surface area (Å²) >= 11 is 0. The lowest BCUT2D eigenvalue weighted by atomic mass is 9.83. The van der Waals surface area contributed by atoms with E-state index in [0.29, 0.717) is 12.1 Å². The predicted molar refractivity (Wildman–Crippen MR) is 78.2 cm³/mol. The van der Waals surface area contributed by atoms with Gasteiger partial charge in [-0.3, -0.25) is 0 Å². The minimum absolute atomic E-state index is 0. The zero-order valence-corrected chi connectivity index (χ0v) is 11.8. The first kappa shape index (κ1) is 13.9. The number of nitrogens with zero attached hydrogens (tertiary/aromatic N) is 1. The van der Waals surface area contributed by atoms with Crippen LogP contribution in [0.2, 0.25) is 0 Å². The van der Waals surface area contributed by atoms with Crippen LogP contribution in [0.25, 0.3) is 0 Å². The maximum absolute atomic E-state index is 3.82. The molecule has 3 aliphatic heterocycles. The molecule has 18 heavy (non-hydrogen) atoms. The van der Waals surface area contributed by atoms with E-state index in [-0.39, 0.29) is 12.4 Å². The standard InChI is InChI=1S/C15H22N2.ClH/c1-12(13-5-3-2-4-6-13)16-15-11-17-9-7-14(15)8-10-17;/h2-6,12,14-16H,7-11H2,1H3;1H/t12-,15+;/m0./s1. The molecule has 100 valence electrons. The molecule has 3 heterocycles. The SMILES string of the molecule is C[C@H](N[C@@H]1CN2CCC1CC2)c1ccccc1.Cl. The van der Waals surface area contributed by atoms with Crippen molar-refractivity contribution in [1.29, 1.82) is 0 Å². The zero-order chi connectivity index (χ0) is 11.7. The quantitative estimate of drug-likeness (QED) is 0.905. The summed E-state index contributed by atoms with van der Waals surface area (Å²) in [5, 5.41) is 3.82. The number of hydrogen-bond acceptors (Lipinski definition) is 2. The Kier molecular flexibility index (Phi) is 4.66. The summed E-state index contributed by atoms with van der Waals surface area (Å²) in [4.78, 5) is 2.61. The maximum atomic E-state index is 3.82. The van der Waals surface area contributed by atoms with Crippen molar-refractivity contribution in [2.45, 2.75) is 31.8 Å². The number of halogens is 1. The van der Waals surface area contributed by atoms with Crippen molar-refractivity contribution in [1.82, 2.24) is 10.2 Å². The van der Waals surface area contributed by atoms with E-state index in [0.717, 1.165) is 5.92 Å². The Morgan fingerprint density at radius 3 is 2.39 bits per heavy atom. The number of fused-ring (bicyclic) bond motifs is 3. The van der Waals surface area contributed by atoms with Crippen LogP contribution in [0.15, 0.2) is 30.3 Å². The Bertz CT molecular complexity index is 360. The molecule has 1 aromatic carbocycles. The van der Waals surface area contributed by atoms with Gasteiger partial charge in [-0.1, -0.05) is 30.3 Å². The fourth-order valence-corrected chi connectivity index (χ4v) is 3.31. The Balaban J connectivity index is 0.00000120. The van der Waals surface area contributed by atoms with Crippen LogP contribution >= 0.6 is 12.4 Å². The molecule has 3 aliphatic rings. The van der Waals surface area contributed by atoms with Gasteiger partial charge in [0, 0.05) is 18.6 Å². The van der Waals surface area contributed by atoms with E-state index in [1.807, 2.05) is 0 Å². The molecule has 3 saturated heterocycles. The van der Waals surface area contributed by atoms with E-state index in [9.17, 15) is 0 Å². The summed E-state index contributed by atoms with van der Waals surface area (Å²) in [6.07, 6.45) is 2.78. The lowest BCUT2D eigenvalue weighted by Gasteiger charge is -2.46. The van der Waals surface area contributed by atoms with Crippen LogP contribution < -0.4 is 5.32 Å². The van der Waals surface area contributed by atoms with Crippen LogP contribution in [-0.2, 0) is 0 Å². The van der Waals surface area contributed by atoms with E-state index in [1.165, 1.54) is 38.0 Å². The van der Waals surface area contributed by atoms with Crippen molar-refractivity contribution in [3.05, 3.63) is 35.9 Å². The maximum Gasteiger partial charge on any atom is 0.0294 e. The van der Waals surface area contributed by atoms with Gasteiger partial charge in [0.15, 0.2) is 0 Å². The monoisotopic (exact) mass is 266 g/mol. The highest BCUT2D eigenvalue weighted by Crippen LogP contribution is 2.29. The lowest BCUT2D eigenvalue weighted by Crippen LogP contribution is -2.56. The van der Waals surface area contributed by atoms with Gasteiger partial charge in [-0.25, -0.2) is 0 Å². The molecule has 3 heteroatoms. The number of benzene rings is 1. The van der Waals surface area contributed by atoms with Gasteiger partial charge in [0.05, 0.1) is 0 Å². The van der Waals surface area contributed by atoms with E-state index in [4.69, 9.17) is 0 Å². The smallest absolute Gasteiger partial charge is 0.0294 e. The molecule has 0 spiro atoms. The van der Waals surface area contributed by atoms with Crippen molar-refractivity contribution in [3.8, 4) is 0 Å². The Hall–Kier alpha value is -0.570. The minimum Gasteiger partial charge on any atom is -0.306 e. The second-order valence-electron chi connectivity index (χ2n) is 5.54. The second kappa shape index (κ2) is 6.05. The largest absolute Gasteiger partial charge is 0.306 e. The van der Waals surface area contributed by atoms with Gasteiger partial charge in [0.25, 0.3) is 0 Å². The van der Waals surface area contributed by atoms with E-state index >= 15 is 0 Å². The molecule has 2 nitrogen and oxygen atoms in total. The van der Waals surface area contributed by atoms with Gasteiger partial charge in [0.1, 0.15) is 0 Å². The van der Waals surface area contributed by atoms with Crippen LogP contribution in [0, 0.1) is 5.92 Å². The summed E-state index contributed by atoms with van der Waals surface area (Å²) in [6.45, 7) is 6.18. The van der Waals surface area contributed by atoms with Crippen molar-refractivity contribution in [2.75, 3.05) is 19.6 Å². The van der Waals surface area contributed by atoms with Crippen LogP contribution in [0.5, 0.6) is 0 Å². The Morgan fingerprint density at radius 2 is 1.83 bits per heavy atom. The van der Waals surface area contributed by atoms with Gasteiger partial charge in [-0.15, -0.1) is 12.4 Å². The lowest BCUT2D eigenvalue weighted by molar-refractivity contribution is 0.0680. The third-order valence-corrected chi connectivity index (χ3v) is 4.42. The molecule has 0 radical (unpaired) electrons. The molecule has 4 rings (SSSR count). The highest BCUT2D eigenvalue weighted by atomic mass is 35.5. The number of hydrogen-bond donors (Lipinski definition) is 1. The first-order valence-corrected chi connectivity index (χ1v) is 6.86. The Labute approximate surface area is 116 Å². The van der Waals surface area contributed by atoms with Gasteiger partial charge >= 0.3 is 0 Å². The zero-order valence-electron chi connectivity index (χ0n) is 11.0. The second-order valence-corrected chi connectivity index (χ2v) is 5.54. The van der Waals surface area contributed by atoms with Crippen molar-refractivity contribution in [3.63, 3.8) is 0 Å². The molecule has 0 aliphatic carbocycles. The number of nitrogens with one attached hydrogen (secondary N) is 1. The van der Waals surface area contributed by atoms with E-state index in [2.05, 4.69) is 47.5 Å². The molecule has 3 fully saturated rings. The van der Waals surface area contributed by atoms with Crippen LogP contribution in [0.4, 0.5) is 0 Å². The van der Waals surface area contributed by atoms with E-state index < -0.39 is 0 Å². The predicted octanol–water partition coefficient (Wildman–Crippen LogP) is 2.85. The van der Waals surface area contributed by atoms with Gasteiger partial charge in [0.2, 0.25) is 0 Å². The summed E-state index contributed by atoms with van der Waals surface area (Å²) in [5.74, 6) is 0.908. The van der Waals surface area contributed by atoms with Gasteiger partial charge in [-0.2, -0.15) is 0 Å². The summed E-state index contributed by atoms with van der Waals surface area (Å²) in [5.41, 5.74) is 1.41. The van der Waals surface area contributed by atoms with Crippen LogP contribution in [0.3, 0.4) is 0 Å². The molecule has 2 atom stereocenters. The molecule has 2 bridgehead atoms. The molecule has 0 amide bonds. The van der Waals surface area contributed by atoms with E-state index in [1.54, 1.807) is 0 Å². The number of piperidine rings is 3. The molecule has 0 unspecified atom stereocenters. The first-order valence-electron chi connectivity index (χ1n) is 6.86. The fourth-order valence-electron chi connectivity index (χ4n) is 3.31. The third-order valence-electron chi connectivity index (χ3n) is 4.42. The molecular formula is C15H23ClN2. The summed E-state index contributed by atoms with van der Waals surface area (Å²) in [6, 6.07) is 12.0. The normalized spacial score (nSPS) is 31.7. The van der Waals surface area contributed by atoms with Crippen LogP contribution in [0.1, 0.15) is 31.4 Å². The molecular weight excluding hydrogens is 244 g/mol. The van der Waals surface area contributed by atoms with Crippen molar-refractivity contribution >= 4 is 12.4 Å². The molecule has 1 N–H and O–H groups in total.